The molecule has 4 aromatic rings. The highest BCUT2D eigenvalue weighted by molar-refractivity contribution is 7.99. The first-order chi connectivity index (χ1) is 19.2. The van der Waals surface area contributed by atoms with Gasteiger partial charge in [0.25, 0.3) is 0 Å². The molecule has 0 N–H and O–H groups in total. The minimum absolute atomic E-state index is 0.445. The summed E-state index contributed by atoms with van der Waals surface area (Å²) in [6, 6.07) is 30.5. The summed E-state index contributed by atoms with van der Waals surface area (Å²) in [5.74, 6) is 2.15. The molecule has 0 amide bonds. The number of aromatic nitrogens is 1. The summed E-state index contributed by atoms with van der Waals surface area (Å²) < 4.78 is 11.8. The zero-order chi connectivity index (χ0) is 27.5. The zero-order valence-electron chi connectivity index (χ0n) is 22.9. The lowest BCUT2D eigenvalue weighted by atomic mass is 9.99. The van der Waals surface area contributed by atoms with Crippen molar-refractivity contribution in [1.82, 2.24) is 9.88 Å². The third-order valence-corrected chi connectivity index (χ3v) is 7.47. The molecule has 0 bridgehead atoms. The van der Waals surface area contributed by atoms with Gasteiger partial charge in [-0.1, -0.05) is 80.6 Å². The molecule has 1 heterocycles. The number of rotatable bonds is 13. The predicted octanol–water partition coefficient (Wildman–Crippen LogP) is 7.70. The van der Waals surface area contributed by atoms with Crippen molar-refractivity contribution in [2.75, 3.05) is 32.5 Å². The van der Waals surface area contributed by atoms with Crippen molar-refractivity contribution in [3.8, 4) is 40.0 Å². The number of benzene rings is 3. The van der Waals surface area contributed by atoms with Crippen molar-refractivity contribution in [2.45, 2.75) is 31.9 Å². The Balaban J connectivity index is 1.69. The molecule has 0 aliphatic heterocycles. The highest BCUT2D eigenvalue weighted by atomic mass is 32.2. The smallest absolute Gasteiger partial charge is 0.161 e. The average molecular weight is 538 g/mol. The van der Waals surface area contributed by atoms with Crippen LogP contribution in [0.25, 0.3) is 22.4 Å². The van der Waals surface area contributed by atoms with Crippen molar-refractivity contribution >= 4 is 11.8 Å². The standard InChI is InChI=1S/C33H35N3O2S/c1-4-18-36(5-2)19-20-39-33-29(23-34)28(22-30(35-33)26-14-10-7-11-15-26)27-16-17-31(32(21-27)37-3)38-24-25-12-8-6-9-13-25/h6-17,21-22H,4-5,18-20,24H2,1-3H3. The van der Waals surface area contributed by atoms with Crippen LogP contribution in [0, 0.1) is 11.3 Å². The number of pyridine rings is 1. The number of nitriles is 1. The molecule has 4 rings (SSSR count). The summed E-state index contributed by atoms with van der Waals surface area (Å²) >= 11 is 1.65. The molecule has 0 aliphatic rings. The molecule has 0 unspecified atom stereocenters. The van der Waals surface area contributed by atoms with Crippen LogP contribution in [0.1, 0.15) is 31.4 Å². The van der Waals surface area contributed by atoms with E-state index in [-0.39, 0.29) is 0 Å². The van der Waals surface area contributed by atoms with Gasteiger partial charge < -0.3 is 14.4 Å². The fraction of sp³-hybridized carbons (Fsp3) is 0.273. The van der Waals surface area contributed by atoms with Crippen molar-refractivity contribution < 1.29 is 9.47 Å². The third kappa shape index (κ3) is 7.41. The van der Waals surface area contributed by atoms with Gasteiger partial charge in [-0.05, 0) is 48.8 Å². The van der Waals surface area contributed by atoms with E-state index in [4.69, 9.17) is 14.5 Å². The van der Waals surface area contributed by atoms with E-state index in [2.05, 4.69) is 24.8 Å². The van der Waals surface area contributed by atoms with Gasteiger partial charge in [-0.3, -0.25) is 0 Å². The van der Waals surface area contributed by atoms with E-state index in [9.17, 15) is 5.26 Å². The topological polar surface area (TPSA) is 58.4 Å². The van der Waals surface area contributed by atoms with Crippen LogP contribution >= 0.6 is 11.8 Å². The van der Waals surface area contributed by atoms with Gasteiger partial charge in [0.15, 0.2) is 11.5 Å². The Kier molecular flexibility index (Phi) is 10.4. The SMILES string of the molecule is CCCN(CC)CCSc1nc(-c2ccccc2)cc(-c2ccc(OCc3ccccc3)c(OC)c2)c1C#N. The number of ether oxygens (including phenoxy) is 2. The van der Waals surface area contributed by atoms with Gasteiger partial charge in [0, 0.05) is 23.4 Å². The van der Waals surface area contributed by atoms with Crippen LogP contribution in [-0.2, 0) is 6.61 Å². The number of nitrogens with zero attached hydrogens (tertiary/aromatic N) is 3. The Labute approximate surface area is 236 Å². The lowest BCUT2D eigenvalue weighted by Gasteiger charge is -2.19. The summed E-state index contributed by atoms with van der Waals surface area (Å²) in [4.78, 5) is 7.39. The molecule has 0 aliphatic carbocycles. The van der Waals surface area contributed by atoms with E-state index < -0.39 is 0 Å². The van der Waals surface area contributed by atoms with Gasteiger partial charge in [0.05, 0.1) is 18.4 Å². The molecule has 0 atom stereocenters. The van der Waals surface area contributed by atoms with Gasteiger partial charge in [-0.15, -0.1) is 11.8 Å². The summed E-state index contributed by atoms with van der Waals surface area (Å²) in [5.41, 5.74) is 5.25. The van der Waals surface area contributed by atoms with Gasteiger partial charge in [0.2, 0.25) is 0 Å². The predicted molar refractivity (Wildman–Crippen MR) is 160 cm³/mol. The van der Waals surface area contributed by atoms with Crippen LogP contribution < -0.4 is 9.47 Å². The molecule has 200 valence electrons. The van der Waals surface area contributed by atoms with Crippen molar-refractivity contribution in [3.63, 3.8) is 0 Å². The highest BCUT2D eigenvalue weighted by Gasteiger charge is 2.18. The van der Waals surface area contributed by atoms with Crippen molar-refractivity contribution in [3.05, 3.63) is 96.1 Å². The van der Waals surface area contributed by atoms with Crippen LogP contribution in [0.4, 0.5) is 0 Å². The molecule has 0 spiro atoms. The fourth-order valence-corrected chi connectivity index (χ4v) is 5.43. The number of hydrogen-bond donors (Lipinski definition) is 0. The molecule has 0 saturated heterocycles. The molecule has 5 nitrogen and oxygen atoms in total. The van der Waals surface area contributed by atoms with E-state index in [1.807, 2.05) is 84.9 Å². The fourth-order valence-electron chi connectivity index (χ4n) is 4.42. The summed E-state index contributed by atoms with van der Waals surface area (Å²) in [7, 11) is 1.64. The summed E-state index contributed by atoms with van der Waals surface area (Å²) in [6.45, 7) is 7.87. The molecule has 0 saturated carbocycles. The lowest BCUT2D eigenvalue weighted by Crippen LogP contribution is -2.26. The number of methoxy groups -OCH3 is 1. The summed E-state index contributed by atoms with van der Waals surface area (Å²) in [5, 5.41) is 11.0. The Morgan fingerprint density at radius 3 is 2.28 bits per heavy atom. The molecule has 0 radical (unpaired) electrons. The first kappa shape index (κ1) is 28.2. The summed E-state index contributed by atoms with van der Waals surface area (Å²) in [6.07, 6.45) is 1.13. The Bertz CT molecular complexity index is 1390. The minimum atomic E-state index is 0.445. The van der Waals surface area contributed by atoms with E-state index in [1.165, 1.54) is 0 Å². The third-order valence-electron chi connectivity index (χ3n) is 6.51. The first-order valence-corrected chi connectivity index (χ1v) is 14.4. The van der Waals surface area contributed by atoms with Gasteiger partial charge in [0.1, 0.15) is 17.7 Å². The Morgan fingerprint density at radius 2 is 1.62 bits per heavy atom. The van der Waals surface area contributed by atoms with E-state index in [0.717, 1.165) is 64.8 Å². The first-order valence-electron chi connectivity index (χ1n) is 13.4. The van der Waals surface area contributed by atoms with Gasteiger partial charge >= 0.3 is 0 Å². The maximum Gasteiger partial charge on any atom is 0.161 e. The van der Waals surface area contributed by atoms with Crippen LogP contribution in [0.2, 0.25) is 0 Å². The Hall–Kier alpha value is -3.79. The average Bonchev–Trinajstić information content (AvgIpc) is 3.00. The van der Waals surface area contributed by atoms with Crippen LogP contribution in [0.5, 0.6) is 11.5 Å². The quantitative estimate of drug-likeness (QED) is 0.163. The highest BCUT2D eigenvalue weighted by Crippen LogP contribution is 2.38. The van der Waals surface area contributed by atoms with Crippen molar-refractivity contribution in [1.29, 1.82) is 5.26 Å². The molecule has 6 heteroatoms. The normalized spacial score (nSPS) is 10.8. The lowest BCUT2D eigenvalue weighted by molar-refractivity contribution is 0.284. The Morgan fingerprint density at radius 1 is 0.872 bits per heavy atom. The molecular weight excluding hydrogens is 502 g/mol. The van der Waals surface area contributed by atoms with Crippen molar-refractivity contribution in [2.24, 2.45) is 0 Å². The number of hydrogen-bond acceptors (Lipinski definition) is 6. The van der Waals surface area contributed by atoms with Gasteiger partial charge in [-0.25, -0.2) is 4.98 Å². The largest absolute Gasteiger partial charge is 0.493 e. The maximum absolute atomic E-state index is 10.3. The monoisotopic (exact) mass is 537 g/mol. The van der Waals surface area contributed by atoms with E-state index in [1.54, 1.807) is 18.9 Å². The molecular formula is C33H35N3O2S. The molecule has 39 heavy (non-hydrogen) atoms. The number of thioether (sulfide) groups is 1. The molecule has 1 aromatic heterocycles. The second-order valence-electron chi connectivity index (χ2n) is 9.14. The second-order valence-corrected chi connectivity index (χ2v) is 10.2. The van der Waals surface area contributed by atoms with Crippen LogP contribution in [0.15, 0.2) is 90.0 Å². The second kappa shape index (κ2) is 14.4. The van der Waals surface area contributed by atoms with Gasteiger partial charge in [-0.2, -0.15) is 5.26 Å². The zero-order valence-corrected chi connectivity index (χ0v) is 23.7. The molecule has 3 aromatic carbocycles. The minimum Gasteiger partial charge on any atom is -0.493 e. The van der Waals surface area contributed by atoms with Crippen LogP contribution in [-0.4, -0.2) is 42.4 Å². The van der Waals surface area contributed by atoms with E-state index in [0.29, 0.717) is 23.7 Å². The van der Waals surface area contributed by atoms with Crippen LogP contribution in [0.3, 0.4) is 0 Å². The maximum atomic E-state index is 10.3. The molecule has 0 fully saturated rings. The van der Waals surface area contributed by atoms with E-state index >= 15 is 0 Å².